The summed E-state index contributed by atoms with van der Waals surface area (Å²) < 4.78 is 64.6. The second kappa shape index (κ2) is 11.7. The molecule has 0 aliphatic heterocycles. The molecule has 0 bridgehead atoms. The van der Waals surface area contributed by atoms with Gasteiger partial charge in [-0.05, 0) is 74.9 Å². The maximum atomic E-state index is 13.8. The zero-order valence-electron chi connectivity index (χ0n) is 21.2. The van der Waals surface area contributed by atoms with Crippen LogP contribution in [0.25, 0.3) is 0 Å². The van der Waals surface area contributed by atoms with E-state index < -0.39 is 38.2 Å². The van der Waals surface area contributed by atoms with Crippen LogP contribution in [0.2, 0.25) is 5.02 Å². The average molecular weight is 605 g/mol. The van der Waals surface area contributed by atoms with Crippen LogP contribution in [0.5, 0.6) is 0 Å². The van der Waals surface area contributed by atoms with Crippen molar-refractivity contribution in [3.8, 4) is 0 Å². The second-order valence-electron chi connectivity index (χ2n) is 8.89. The summed E-state index contributed by atoms with van der Waals surface area (Å²) in [5, 5.41) is 0.351. The molecule has 11 heteroatoms. The lowest BCUT2D eigenvalue weighted by Crippen LogP contribution is -2.36. The highest BCUT2D eigenvalue weighted by molar-refractivity contribution is 7.87. The zero-order chi connectivity index (χ0) is 28.4. The van der Waals surface area contributed by atoms with Gasteiger partial charge in [-0.2, -0.15) is 16.8 Å². The largest absolute Gasteiger partial charge is 0.297 e. The van der Waals surface area contributed by atoms with Gasteiger partial charge >= 0.3 is 0 Å². The van der Waals surface area contributed by atoms with Gasteiger partial charge in [0.1, 0.15) is 6.10 Å². The number of halogens is 1. The normalized spacial score (nSPS) is 13.6. The number of rotatable bonds is 10. The van der Waals surface area contributed by atoms with Crippen LogP contribution < -0.4 is 0 Å². The minimum absolute atomic E-state index is 0.161. The number of thiophene rings is 1. The van der Waals surface area contributed by atoms with Gasteiger partial charge < -0.3 is 0 Å². The van der Waals surface area contributed by atoms with Crippen LogP contribution in [0.4, 0.5) is 0 Å². The Bertz CT molecular complexity index is 1680. The molecule has 0 aliphatic carbocycles. The molecule has 204 valence electrons. The van der Waals surface area contributed by atoms with Crippen molar-refractivity contribution in [2.45, 2.75) is 42.8 Å². The lowest BCUT2D eigenvalue weighted by Gasteiger charge is -2.26. The first-order valence-corrected chi connectivity index (χ1v) is 15.7. The fourth-order valence-electron chi connectivity index (χ4n) is 3.67. The van der Waals surface area contributed by atoms with Gasteiger partial charge in [-0.3, -0.25) is 13.2 Å². The Morgan fingerprint density at radius 3 is 1.64 bits per heavy atom. The van der Waals surface area contributed by atoms with Gasteiger partial charge in [0.15, 0.2) is 6.10 Å². The van der Waals surface area contributed by atoms with Gasteiger partial charge in [0, 0.05) is 9.90 Å². The van der Waals surface area contributed by atoms with Gasteiger partial charge in [-0.25, -0.2) is 0 Å². The van der Waals surface area contributed by atoms with Crippen molar-refractivity contribution in [1.29, 1.82) is 0 Å². The number of carbonyl (C=O) groups excluding carboxylic acids is 1. The van der Waals surface area contributed by atoms with Gasteiger partial charge in [0.05, 0.1) is 14.7 Å². The molecule has 0 saturated heterocycles. The summed E-state index contributed by atoms with van der Waals surface area (Å²) in [5.74, 6) is -0.747. The maximum Gasteiger partial charge on any atom is 0.297 e. The van der Waals surface area contributed by atoms with Crippen molar-refractivity contribution in [2.24, 2.45) is 0 Å². The maximum absolute atomic E-state index is 13.8. The Morgan fingerprint density at radius 2 is 1.18 bits per heavy atom. The SMILES string of the molecule is Cc1ccc(S(=O)(=O)OC(C(=O)c2ccc(C)s2)C(OS(=O)(=O)c2ccc(C)cc2)c2ccc(Cl)cc2)cc1. The standard InChI is InChI=1S/C28H25ClO7S3/c1-18-4-13-23(14-5-18)38(31,32)35-27(21-9-11-22(29)12-10-21)28(26(30)25-17-8-20(3)37-25)36-39(33,34)24-15-6-19(2)7-16-24/h4-17,27-28H,1-3H3. The van der Waals surface area contributed by atoms with Gasteiger partial charge in [0.2, 0.25) is 5.78 Å². The van der Waals surface area contributed by atoms with Crippen LogP contribution >= 0.6 is 22.9 Å². The molecule has 2 atom stereocenters. The molecule has 2 unspecified atom stereocenters. The number of Topliss-reactive ketones (excluding diaryl/α,β-unsaturated/α-hetero) is 1. The molecule has 0 spiro atoms. The van der Waals surface area contributed by atoms with E-state index in [2.05, 4.69) is 0 Å². The van der Waals surface area contributed by atoms with E-state index in [1.54, 1.807) is 51.1 Å². The molecule has 0 saturated carbocycles. The number of hydrogen-bond acceptors (Lipinski definition) is 8. The number of ketones is 1. The van der Waals surface area contributed by atoms with E-state index in [-0.39, 0.29) is 20.2 Å². The first-order chi connectivity index (χ1) is 18.4. The molecule has 39 heavy (non-hydrogen) atoms. The van der Waals surface area contributed by atoms with E-state index in [9.17, 15) is 21.6 Å². The molecular formula is C28H25ClO7S3. The average Bonchev–Trinajstić information content (AvgIpc) is 3.33. The highest BCUT2D eigenvalue weighted by Gasteiger charge is 2.40. The molecule has 0 fully saturated rings. The molecule has 0 radical (unpaired) electrons. The van der Waals surface area contributed by atoms with E-state index in [1.165, 1.54) is 54.6 Å². The predicted octanol–water partition coefficient (Wildman–Crippen LogP) is 6.43. The van der Waals surface area contributed by atoms with Crippen LogP contribution in [0, 0.1) is 20.8 Å². The van der Waals surface area contributed by atoms with Crippen molar-refractivity contribution < 1.29 is 30.0 Å². The first-order valence-electron chi connectivity index (χ1n) is 11.7. The van der Waals surface area contributed by atoms with Crippen LogP contribution in [-0.2, 0) is 28.6 Å². The smallest absolute Gasteiger partial charge is 0.290 e. The highest BCUT2D eigenvalue weighted by atomic mass is 35.5. The van der Waals surface area contributed by atoms with E-state index in [0.29, 0.717) is 5.02 Å². The van der Waals surface area contributed by atoms with Crippen molar-refractivity contribution >= 4 is 49.0 Å². The summed E-state index contributed by atoms with van der Waals surface area (Å²) in [5.41, 5.74) is 1.83. The van der Waals surface area contributed by atoms with E-state index in [1.807, 2.05) is 0 Å². The highest BCUT2D eigenvalue weighted by Crippen LogP contribution is 2.34. The quantitative estimate of drug-likeness (QED) is 0.152. The zero-order valence-corrected chi connectivity index (χ0v) is 24.4. The Kier molecular flexibility index (Phi) is 8.75. The van der Waals surface area contributed by atoms with Crippen LogP contribution in [0.3, 0.4) is 0 Å². The van der Waals surface area contributed by atoms with Crippen molar-refractivity contribution in [3.05, 3.63) is 116 Å². The van der Waals surface area contributed by atoms with Crippen LogP contribution in [0.15, 0.2) is 94.7 Å². The summed E-state index contributed by atoms with van der Waals surface area (Å²) in [6, 6.07) is 20.9. The fourth-order valence-corrected chi connectivity index (χ4v) is 6.74. The molecule has 4 aromatic rings. The predicted molar refractivity (Wildman–Crippen MR) is 150 cm³/mol. The lowest BCUT2D eigenvalue weighted by molar-refractivity contribution is 0.0464. The number of aryl methyl sites for hydroxylation is 3. The Hall–Kier alpha value is -2.86. The molecule has 4 rings (SSSR count). The summed E-state index contributed by atoms with van der Waals surface area (Å²) in [7, 11) is -9.00. The van der Waals surface area contributed by atoms with Crippen LogP contribution in [-0.4, -0.2) is 28.7 Å². The summed E-state index contributed by atoms with van der Waals surface area (Å²) in [6.45, 7) is 5.38. The van der Waals surface area contributed by atoms with Crippen molar-refractivity contribution in [3.63, 3.8) is 0 Å². The molecule has 1 heterocycles. The first kappa shape index (κ1) is 29.1. The Morgan fingerprint density at radius 1 is 0.692 bits per heavy atom. The monoisotopic (exact) mass is 604 g/mol. The van der Waals surface area contributed by atoms with E-state index in [4.69, 9.17) is 20.0 Å². The van der Waals surface area contributed by atoms with Gasteiger partial charge in [-0.15, -0.1) is 11.3 Å². The molecule has 1 aromatic heterocycles. The third kappa shape index (κ3) is 7.02. The summed E-state index contributed by atoms with van der Waals surface area (Å²) >= 11 is 7.18. The minimum Gasteiger partial charge on any atom is -0.290 e. The Labute approximate surface area is 237 Å². The topological polar surface area (TPSA) is 104 Å². The molecule has 0 aliphatic rings. The Balaban J connectivity index is 1.85. The second-order valence-corrected chi connectivity index (χ2v) is 13.8. The third-order valence-electron chi connectivity index (χ3n) is 5.80. The molecule has 0 amide bonds. The van der Waals surface area contributed by atoms with E-state index in [0.717, 1.165) is 27.3 Å². The third-order valence-corrected chi connectivity index (χ3v) is 9.68. The molecule has 7 nitrogen and oxygen atoms in total. The van der Waals surface area contributed by atoms with E-state index >= 15 is 0 Å². The summed E-state index contributed by atoms with van der Waals surface area (Å²) in [6.07, 6.45) is -3.54. The minimum atomic E-state index is -4.53. The lowest BCUT2D eigenvalue weighted by atomic mass is 10.0. The van der Waals surface area contributed by atoms with Gasteiger partial charge in [-0.1, -0.05) is 59.1 Å². The summed E-state index contributed by atoms with van der Waals surface area (Å²) in [4.78, 5) is 14.4. The van der Waals surface area contributed by atoms with Crippen molar-refractivity contribution in [1.82, 2.24) is 0 Å². The van der Waals surface area contributed by atoms with Gasteiger partial charge in [0.25, 0.3) is 20.2 Å². The number of carbonyl (C=O) groups is 1. The molecular weight excluding hydrogens is 580 g/mol. The number of benzene rings is 3. The molecule has 3 aromatic carbocycles. The van der Waals surface area contributed by atoms with Crippen molar-refractivity contribution in [2.75, 3.05) is 0 Å². The molecule has 0 N–H and O–H groups in total. The number of hydrogen-bond donors (Lipinski definition) is 0. The van der Waals surface area contributed by atoms with Crippen LogP contribution in [0.1, 0.15) is 37.3 Å². The fraction of sp³-hybridized carbons (Fsp3) is 0.179.